The first-order valence-electron chi connectivity index (χ1n) is 7.17. The maximum absolute atomic E-state index is 13.7. The number of halogens is 3. The van der Waals surface area contributed by atoms with Crippen LogP contribution in [0.1, 0.15) is 17.3 Å². The second-order valence-electron chi connectivity index (χ2n) is 5.16. The summed E-state index contributed by atoms with van der Waals surface area (Å²) in [5.41, 5.74) is 0.362. The van der Waals surface area contributed by atoms with Crippen LogP contribution >= 0.6 is 15.9 Å². The molecule has 3 rings (SSSR count). The molecule has 124 valence electrons. The zero-order valence-corrected chi connectivity index (χ0v) is 14.2. The molecule has 1 N–H and O–H groups in total. The van der Waals surface area contributed by atoms with Gasteiger partial charge in [-0.15, -0.1) is 0 Å². The van der Waals surface area contributed by atoms with Crippen LogP contribution in [0.4, 0.5) is 14.5 Å². The summed E-state index contributed by atoms with van der Waals surface area (Å²) in [4.78, 5) is 12.5. The van der Waals surface area contributed by atoms with Crippen LogP contribution in [0.25, 0.3) is 10.9 Å². The van der Waals surface area contributed by atoms with Gasteiger partial charge < -0.3 is 15.0 Å². The lowest BCUT2D eigenvalue weighted by molar-refractivity contribution is -0.278. The Morgan fingerprint density at radius 1 is 1.25 bits per heavy atom. The number of benzene rings is 2. The Balaban J connectivity index is 2.09. The summed E-state index contributed by atoms with van der Waals surface area (Å²) in [6.07, 6.45) is 0. The third-order valence-corrected chi connectivity index (χ3v) is 4.19. The number of hydrogen-bond acceptors (Lipinski definition) is 2. The summed E-state index contributed by atoms with van der Waals surface area (Å²) in [6.45, 7) is 2.19. The molecular formula is C17H12BrF2N2O2-. The largest absolute Gasteiger partial charge is 0.859 e. The standard InChI is InChI=1S/C17H13BrF2N2O2/c1-2-22-14-6-3-9(18)7-11(14)15(17(22)24)16(23)21-13-5-4-10(19)8-12(13)20/h3-8,24H,2H2,1H3,(H,21,23)/p-1. The monoisotopic (exact) mass is 393 g/mol. The fourth-order valence-electron chi connectivity index (χ4n) is 2.61. The molecule has 0 radical (unpaired) electrons. The predicted molar refractivity (Wildman–Crippen MR) is 89.1 cm³/mol. The molecule has 4 nitrogen and oxygen atoms in total. The molecule has 0 aliphatic heterocycles. The fraction of sp³-hybridized carbons (Fsp3) is 0.118. The molecule has 0 bridgehead atoms. The number of fused-ring (bicyclic) bond motifs is 1. The Morgan fingerprint density at radius 2 is 2.00 bits per heavy atom. The number of nitrogens with one attached hydrogen (secondary N) is 1. The zero-order chi connectivity index (χ0) is 17.4. The van der Waals surface area contributed by atoms with Crippen LogP contribution in [0, 0.1) is 11.6 Å². The van der Waals surface area contributed by atoms with Gasteiger partial charge in [-0.1, -0.05) is 15.9 Å². The van der Waals surface area contributed by atoms with Crippen molar-refractivity contribution in [2.24, 2.45) is 0 Å². The van der Waals surface area contributed by atoms with Crippen LogP contribution in [0.5, 0.6) is 5.88 Å². The second-order valence-corrected chi connectivity index (χ2v) is 6.08. The minimum atomic E-state index is -0.906. The minimum Gasteiger partial charge on any atom is -0.859 e. The Labute approximate surface area is 144 Å². The van der Waals surface area contributed by atoms with Crippen molar-refractivity contribution in [2.45, 2.75) is 13.5 Å². The number of rotatable bonds is 3. The molecule has 0 spiro atoms. The van der Waals surface area contributed by atoms with E-state index in [-0.39, 0.29) is 11.3 Å². The number of carbonyl (C=O) groups excluding carboxylic acids is 1. The minimum absolute atomic E-state index is 0.0723. The Hall–Kier alpha value is -2.41. The molecule has 0 saturated heterocycles. The number of aryl methyl sites for hydroxylation is 1. The van der Waals surface area contributed by atoms with E-state index < -0.39 is 23.4 Å². The van der Waals surface area contributed by atoms with Crippen LogP contribution in [-0.4, -0.2) is 10.5 Å². The third-order valence-electron chi connectivity index (χ3n) is 3.70. The average Bonchev–Trinajstić information content (AvgIpc) is 2.80. The van der Waals surface area contributed by atoms with Crippen molar-refractivity contribution < 1.29 is 18.7 Å². The SMILES string of the molecule is CCn1c([O-])c(C(=O)Nc2ccc(F)cc2F)c2cc(Br)ccc21. The number of anilines is 1. The van der Waals surface area contributed by atoms with E-state index in [1.54, 1.807) is 25.1 Å². The first-order chi connectivity index (χ1) is 11.4. The molecule has 2 aromatic carbocycles. The van der Waals surface area contributed by atoms with Crippen LogP contribution in [0.2, 0.25) is 0 Å². The van der Waals surface area contributed by atoms with Gasteiger partial charge in [-0.2, -0.15) is 0 Å². The van der Waals surface area contributed by atoms with E-state index in [1.165, 1.54) is 4.57 Å². The van der Waals surface area contributed by atoms with Gasteiger partial charge in [-0.25, -0.2) is 8.78 Å². The molecule has 3 aromatic rings. The van der Waals surface area contributed by atoms with Crippen molar-refractivity contribution in [3.8, 4) is 5.88 Å². The van der Waals surface area contributed by atoms with Gasteiger partial charge in [0.2, 0.25) is 0 Å². The molecule has 0 saturated carbocycles. The van der Waals surface area contributed by atoms with Gasteiger partial charge in [-0.3, -0.25) is 4.79 Å². The van der Waals surface area contributed by atoms with Crippen molar-refractivity contribution in [3.63, 3.8) is 0 Å². The highest BCUT2D eigenvalue weighted by molar-refractivity contribution is 9.10. The normalized spacial score (nSPS) is 11.0. The second kappa shape index (κ2) is 6.24. The van der Waals surface area contributed by atoms with E-state index in [4.69, 9.17) is 0 Å². The van der Waals surface area contributed by atoms with Crippen LogP contribution in [-0.2, 0) is 6.54 Å². The summed E-state index contributed by atoms with van der Waals surface area (Å²) >= 11 is 3.31. The number of amides is 1. The van der Waals surface area contributed by atoms with E-state index in [1.807, 2.05) is 0 Å². The van der Waals surface area contributed by atoms with Gasteiger partial charge >= 0.3 is 0 Å². The lowest BCUT2D eigenvalue weighted by atomic mass is 10.1. The molecule has 0 aliphatic rings. The van der Waals surface area contributed by atoms with E-state index >= 15 is 0 Å². The first kappa shape index (κ1) is 16.4. The van der Waals surface area contributed by atoms with Crippen molar-refractivity contribution in [1.82, 2.24) is 4.57 Å². The average molecular weight is 394 g/mol. The van der Waals surface area contributed by atoms with Gasteiger partial charge in [0.25, 0.3) is 5.91 Å². The molecule has 1 heterocycles. The highest BCUT2D eigenvalue weighted by Crippen LogP contribution is 2.32. The molecule has 0 fully saturated rings. The number of nitrogens with zero attached hydrogens (tertiary/aromatic N) is 1. The highest BCUT2D eigenvalue weighted by Gasteiger charge is 2.18. The van der Waals surface area contributed by atoms with Crippen LogP contribution in [0.15, 0.2) is 40.9 Å². The summed E-state index contributed by atoms with van der Waals surface area (Å²) in [6, 6.07) is 7.98. The maximum Gasteiger partial charge on any atom is 0.257 e. The molecule has 0 unspecified atom stereocenters. The summed E-state index contributed by atoms with van der Waals surface area (Å²) in [5, 5.41) is 15.3. The number of aromatic nitrogens is 1. The number of hydrogen-bond donors (Lipinski definition) is 1. The highest BCUT2D eigenvalue weighted by atomic mass is 79.9. The van der Waals surface area contributed by atoms with Crippen molar-refractivity contribution in [2.75, 3.05) is 5.32 Å². The first-order valence-corrected chi connectivity index (χ1v) is 7.96. The molecular weight excluding hydrogens is 382 g/mol. The maximum atomic E-state index is 13.7. The summed E-state index contributed by atoms with van der Waals surface area (Å²) < 4.78 is 28.9. The van der Waals surface area contributed by atoms with Gasteiger partial charge in [0, 0.05) is 28.0 Å². The van der Waals surface area contributed by atoms with E-state index in [0.717, 1.165) is 12.1 Å². The van der Waals surface area contributed by atoms with E-state index in [9.17, 15) is 18.7 Å². The van der Waals surface area contributed by atoms with Crippen LogP contribution < -0.4 is 10.4 Å². The number of carbonyl (C=O) groups is 1. The molecule has 1 amide bonds. The van der Waals surface area contributed by atoms with E-state index in [2.05, 4.69) is 21.2 Å². The molecule has 0 atom stereocenters. The lowest BCUT2D eigenvalue weighted by Crippen LogP contribution is -2.16. The van der Waals surface area contributed by atoms with Gasteiger partial charge in [0.05, 0.1) is 11.3 Å². The van der Waals surface area contributed by atoms with Crippen LogP contribution in [0.3, 0.4) is 0 Å². The molecule has 1 aromatic heterocycles. The molecule has 0 aliphatic carbocycles. The lowest BCUT2D eigenvalue weighted by Gasteiger charge is -2.14. The van der Waals surface area contributed by atoms with Gasteiger partial charge in [0.1, 0.15) is 11.6 Å². The van der Waals surface area contributed by atoms with Gasteiger partial charge in [0.15, 0.2) is 0 Å². The smallest absolute Gasteiger partial charge is 0.257 e. The predicted octanol–water partition coefficient (Wildman–Crippen LogP) is 4.03. The van der Waals surface area contributed by atoms with Crippen molar-refractivity contribution in [3.05, 3.63) is 58.1 Å². The zero-order valence-electron chi connectivity index (χ0n) is 12.6. The molecule has 7 heteroatoms. The van der Waals surface area contributed by atoms with Gasteiger partial charge in [-0.05, 0) is 43.1 Å². The topological polar surface area (TPSA) is 57.1 Å². The third kappa shape index (κ3) is 2.75. The summed E-state index contributed by atoms with van der Waals surface area (Å²) in [5.74, 6) is -2.84. The Kier molecular flexibility index (Phi) is 4.28. The Morgan fingerprint density at radius 3 is 2.67 bits per heavy atom. The van der Waals surface area contributed by atoms with Crippen molar-refractivity contribution in [1.29, 1.82) is 0 Å². The van der Waals surface area contributed by atoms with E-state index in [0.29, 0.717) is 28.0 Å². The summed E-state index contributed by atoms with van der Waals surface area (Å²) in [7, 11) is 0. The molecule has 24 heavy (non-hydrogen) atoms. The fourth-order valence-corrected chi connectivity index (χ4v) is 2.97. The van der Waals surface area contributed by atoms with Crippen molar-refractivity contribution >= 4 is 38.4 Å². The quantitative estimate of drug-likeness (QED) is 0.730. The Bertz CT molecular complexity index is 953.